The molecule has 0 unspecified atom stereocenters. The monoisotopic (exact) mass is 275 g/mol. The van der Waals surface area contributed by atoms with Crippen molar-refractivity contribution in [2.75, 3.05) is 20.3 Å². The second-order valence-corrected chi connectivity index (χ2v) is 5.23. The fourth-order valence-electron chi connectivity index (χ4n) is 1.36. The van der Waals surface area contributed by atoms with Gasteiger partial charge in [-0.3, -0.25) is 4.79 Å². The van der Waals surface area contributed by atoms with Gasteiger partial charge < -0.3 is 14.8 Å². The first-order valence-corrected chi connectivity index (χ1v) is 6.45. The minimum Gasteiger partial charge on any atom is -0.493 e. The highest BCUT2D eigenvalue weighted by Crippen LogP contribution is 2.25. The number of para-hydroxylation sites is 2. The van der Waals surface area contributed by atoms with Crippen LogP contribution in [0.4, 0.5) is 0 Å². The molecule has 1 N–H and O–H groups in total. The van der Waals surface area contributed by atoms with Crippen LogP contribution in [0.3, 0.4) is 0 Å². The Balaban J connectivity index is 2.35. The molecule has 0 radical (unpaired) electrons. The SMILES string of the molecule is COc1ccccc1OCC#CCNC(=O)C(C)(C)C. The summed E-state index contributed by atoms with van der Waals surface area (Å²) in [6.07, 6.45) is 0. The molecule has 108 valence electrons. The highest BCUT2D eigenvalue weighted by molar-refractivity contribution is 5.81. The lowest BCUT2D eigenvalue weighted by Gasteiger charge is -2.16. The first-order valence-electron chi connectivity index (χ1n) is 6.45. The van der Waals surface area contributed by atoms with Crippen LogP contribution in [0.2, 0.25) is 0 Å². The molecule has 0 aromatic heterocycles. The minimum atomic E-state index is -0.393. The summed E-state index contributed by atoms with van der Waals surface area (Å²) < 4.78 is 10.7. The van der Waals surface area contributed by atoms with E-state index in [0.29, 0.717) is 18.0 Å². The summed E-state index contributed by atoms with van der Waals surface area (Å²) in [6, 6.07) is 7.39. The summed E-state index contributed by atoms with van der Waals surface area (Å²) in [5.74, 6) is 7.01. The number of hydrogen-bond acceptors (Lipinski definition) is 3. The smallest absolute Gasteiger partial charge is 0.226 e. The Bertz CT molecular complexity index is 506. The molecule has 0 bridgehead atoms. The van der Waals surface area contributed by atoms with E-state index in [1.54, 1.807) is 7.11 Å². The Morgan fingerprint density at radius 3 is 2.45 bits per heavy atom. The van der Waals surface area contributed by atoms with Crippen LogP contribution in [0.15, 0.2) is 24.3 Å². The van der Waals surface area contributed by atoms with Crippen LogP contribution in [0, 0.1) is 17.3 Å². The molecule has 4 nitrogen and oxygen atoms in total. The molecular weight excluding hydrogens is 254 g/mol. The Kier molecular flexibility index (Phi) is 5.92. The highest BCUT2D eigenvalue weighted by atomic mass is 16.5. The molecule has 0 aliphatic rings. The van der Waals surface area contributed by atoms with Gasteiger partial charge in [-0.2, -0.15) is 0 Å². The highest BCUT2D eigenvalue weighted by Gasteiger charge is 2.19. The van der Waals surface area contributed by atoms with Crippen LogP contribution in [0.25, 0.3) is 0 Å². The van der Waals surface area contributed by atoms with Crippen molar-refractivity contribution in [1.82, 2.24) is 5.32 Å². The lowest BCUT2D eigenvalue weighted by molar-refractivity contribution is -0.128. The van der Waals surface area contributed by atoms with Gasteiger partial charge in [0.05, 0.1) is 13.7 Å². The second-order valence-electron chi connectivity index (χ2n) is 5.23. The van der Waals surface area contributed by atoms with E-state index in [1.807, 2.05) is 45.0 Å². The number of ether oxygens (including phenoxy) is 2. The minimum absolute atomic E-state index is 0.0163. The Morgan fingerprint density at radius 1 is 1.20 bits per heavy atom. The van der Waals surface area contributed by atoms with Gasteiger partial charge in [-0.15, -0.1) is 0 Å². The van der Waals surface area contributed by atoms with Gasteiger partial charge in [0, 0.05) is 5.41 Å². The summed E-state index contributed by atoms with van der Waals surface area (Å²) in [5.41, 5.74) is -0.393. The number of nitrogens with one attached hydrogen (secondary N) is 1. The normalized spacial score (nSPS) is 10.2. The Labute approximate surface area is 120 Å². The predicted molar refractivity (Wildman–Crippen MR) is 78.7 cm³/mol. The molecule has 0 saturated carbocycles. The molecule has 1 aromatic rings. The number of amides is 1. The van der Waals surface area contributed by atoms with Crippen molar-refractivity contribution in [2.45, 2.75) is 20.8 Å². The number of carbonyl (C=O) groups is 1. The second kappa shape index (κ2) is 7.44. The molecule has 1 amide bonds. The summed E-state index contributed by atoms with van der Waals surface area (Å²) in [4.78, 5) is 11.6. The quantitative estimate of drug-likeness (QED) is 0.857. The number of benzene rings is 1. The van der Waals surface area contributed by atoms with Crippen molar-refractivity contribution >= 4 is 5.91 Å². The number of carbonyl (C=O) groups excluding carboxylic acids is 1. The average molecular weight is 275 g/mol. The van der Waals surface area contributed by atoms with Crippen molar-refractivity contribution in [3.05, 3.63) is 24.3 Å². The molecule has 4 heteroatoms. The predicted octanol–water partition coefficient (Wildman–Crippen LogP) is 2.24. The molecule has 0 aliphatic carbocycles. The molecular formula is C16H21NO3. The molecule has 0 fully saturated rings. The largest absolute Gasteiger partial charge is 0.493 e. The van der Waals surface area contributed by atoms with E-state index in [4.69, 9.17) is 9.47 Å². The Hall–Kier alpha value is -2.15. The fraction of sp³-hybridized carbons (Fsp3) is 0.438. The van der Waals surface area contributed by atoms with Crippen LogP contribution >= 0.6 is 0 Å². The third-order valence-corrected chi connectivity index (χ3v) is 2.51. The first kappa shape index (κ1) is 15.9. The zero-order chi connectivity index (χ0) is 15.0. The molecule has 1 rings (SSSR count). The van der Waals surface area contributed by atoms with E-state index in [2.05, 4.69) is 17.2 Å². The van der Waals surface area contributed by atoms with Gasteiger partial charge in [0.25, 0.3) is 0 Å². The van der Waals surface area contributed by atoms with Gasteiger partial charge >= 0.3 is 0 Å². The number of hydrogen-bond donors (Lipinski definition) is 1. The van der Waals surface area contributed by atoms with Crippen LogP contribution in [-0.2, 0) is 4.79 Å². The van der Waals surface area contributed by atoms with Crippen LogP contribution < -0.4 is 14.8 Å². The first-order chi connectivity index (χ1) is 9.45. The summed E-state index contributed by atoms with van der Waals surface area (Å²) >= 11 is 0. The van der Waals surface area contributed by atoms with Gasteiger partial charge in [-0.05, 0) is 12.1 Å². The number of methoxy groups -OCH3 is 1. The summed E-state index contributed by atoms with van der Waals surface area (Å²) in [5, 5.41) is 2.75. The van der Waals surface area contributed by atoms with E-state index in [1.165, 1.54) is 0 Å². The van der Waals surface area contributed by atoms with Gasteiger partial charge in [0.2, 0.25) is 5.91 Å². The third-order valence-electron chi connectivity index (χ3n) is 2.51. The molecule has 1 aromatic carbocycles. The third kappa shape index (κ3) is 5.23. The van der Waals surface area contributed by atoms with Crippen molar-refractivity contribution in [2.24, 2.45) is 5.41 Å². The molecule has 0 spiro atoms. The maximum Gasteiger partial charge on any atom is 0.226 e. The van der Waals surface area contributed by atoms with E-state index in [-0.39, 0.29) is 12.5 Å². The van der Waals surface area contributed by atoms with Crippen LogP contribution in [0.5, 0.6) is 11.5 Å². The van der Waals surface area contributed by atoms with Crippen LogP contribution in [0.1, 0.15) is 20.8 Å². The molecule has 0 heterocycles. The summed E-state index contributed by atoms with van der Waals surface area (Å²) in [7, 11) is 1.59. The zero-order valence-electron chi connectivity index (χ0n) is 12.4. The van der Waals surface area contributed by atoms with E-state index in [9.17, 15) is 4.79 Å². The van der Waals surface area contributed by atoms with Gasteiger partial charge in [-0.25, -0.2) is 0 Å². The van der Waals surface area contributed by atoms with Gasteiger partial charge in [0.1, 0.15) is 6.61 Å². The molecule has 20 heavy (non-hydrogen) atoms. The molecule has 0 saturated heterocycles. The van der Waals surface area contributed by atoms with Crippen molar-refractivity contribution in [3.63, 3.8) is 0 Å². The van der Waals surface area contributed by atoms with Gasteiger partial charge in [-0.1, -0.05) is 44.7 Å². The van der Waals surface area contributed by atoms with E-state index in [0.717, 1.165) is 0 Å². The van der Waals surface area contributed by atoms with Crippen molar-refractivity contribution in [3.8, 4) is 23.3 Å². The topological polar surface area (TPSA) is 47.6 Å². The molecule has 0 aliphatic heterocycles. The summed E-state index contributed by atoms with van der Waals surface area (Å²) in [6.45, 7) is 6.17. The van der Waals surface area contributed by atoms with Gasteiger partial charge in [0.15, 0.2) is 11.5 Å². The van der Waals surface area contributed by atoms with E-state index >= 15 is 0 Å². The fourth-order valence-corrected chi connectivity index (χ4v) is 1.36. The maximum atomic E-state index is 11.6. The molecule has 0 atom stereocenters. The van der Waals surface area contributed by atoms with E-state index < -0.39 is 5.41 Å². The zero-order valence-corrected chi connectivity index (χ0v) is 12.4. The lowest BCUT2D eigenvalue weighted by Crippen LogP contribution is -2.34. The standard InChI is InChI=1S/C16H21NO3/c1-16(2,3)15(18)17-11-7-8-12-20-14-10-6-5-9-13(14)19-4/h5-6,9-10H,11-12H2,1-4H3,(H,17,18). The lowest BCUT2D eigenvalue weighted by atomic mass is 9.96. The number of rotatable bonds is 4. The van der Waals surface area contributed by atoms with Crippen molar-refractivity contribution < 1.29 is 14.3 Å². The van der Waals surface area contributed by atoms with Crippen molar-refractivity contribution in [1.29, 1.82) is 0 Å². The van der Waals surface area contributed by atoms with Crippen LogP contribution in [-0.4, -0.2) is 26.2 Å². The Morgan fingerprint density at radius 2 is 1.85 bits per heavy atom. The average Bonchev–Trinajstić information content (AvgIpc) is 2.41. The maximum absolute atomic E-state index is 11.6.